The lowest BCUT2D eigenvalue weighted by atomic mass is 10.2. The summed E-state index contributed by atoms with van der Waals surface area (Å²) < 4.78 is 25.3. The van der Waals surface area contributed by atoms with E-state index in [2.05, 4.69) is 25.2 Å². The van der Waals surface area contributed by atoms with Gasteiger partial charge in [-0.15, -0.1) is 0 Å². The molecule has 0 bridgehead atoms. The van der Waals surface area contributed by atoms with Gasteiger partial charge in [0.2, 0.25) is 0 Å². The molecular formula is C13H15N5O3S. The SMILES string of the molecule is CNS(=O)(=O)c1ccc(C(=O)Nc2cc(C3CC3)[nH]n2)cn1. The van der Waals surface area contributed by atoms with E-state index >= 15 is 0 Å². The molecule has 116 valence electrons. The van der Waals surface area contributed by atoms with Gasteiger partial charge in [-0.2, -0.15) is 5.10 Å². The summed E-state index contributed by atoms with van der Waals surface area (Å²) in [5.41, 5.74) is 1.27. The minimum Gasteiger partial charge on any atom is -0.305 e. The third-order valence-corrected chi connectivity index (χ3v) is 4.73. The van der Waals surface area contributed by atoms with E-state index in [1.165, 1.54) is 25.4 Å². The van der Waals surface area contributed by atoms with E-state index in [1.807, 2.05) is 6.07 Å². The van der Waals surface area contributed by atoms with Crippen LogP contribution in [-0.4, -0.2) is 36.6 Å². The summed E-state index contributed by atoms with van der Waals surface area (Å²) in [4.78, 5) is 15.9. The second-order valence-electron chi connectivity index (χ2n) is 5.03. The molecule has 0 radical (unpaired) electrons. The van der Waals surface area contributed by atoms with Crippen LogP contribution in [0.5, 0.6) is 0 Å². The minimum absolute atomic E-state index is 0.137. The Morgan fingerprint density at radius 2 is 2.14 bits per heavy atom. The number of hydrogen-bond donors (Lipinski definition) is 3. The number of carbonyl (C=O) groups is 1. The predicted octanol–water partition coefficient (Wildman–Crippen LogP) is 0.842. The number of hydrogen-bond acceptors (Lipinski definition) is 5. The van der Waals surface area contributed by atoms with Crippen molar-refractivity contribution >= 4 is 21.7 Å². The van der Waals surface area contributed by atoms with Crippen molar-refractivity contribution in [2.24, 2.45) is 0 Å². The van der Waals surface area contributed by atoms with Crippen molar-refractivity contribution < 1.29 is 13.2 Å². The number of pyridine rings is 1. The molecule has 2 aromatic rings. The molecule has 0 spiro atoms. The Balaban J connectivity index is 1.71. The van der Waals surface area contributed by atoms with Crippen molar-refractivity contribution in [3.05, 3.63) is 35.7 Å². The molecule has 9 heteroatoms. The molecule has 8 nitrogen and oxygen atoms in total. The third kappa shape index (κ3) is 3.00. The van der Waals surface area contributed by atoms with Crippen LogP contribution >= 0.6 is 0 Å². The lowest BCUT2D eigenvalue weighted by molar-refractivity contribution is 0.102. The van der Waals surface area contributed by atoms with Crippen LogP contribution in [0.25, 0.3) is 0 Å². The van der Waals surface area contributed by atoms with Crippen molar-refractivity contribution in [2.75, 3.05) is 12.4 Å². The molecule has 22 heavy (non-hydrogen) atoms. The molecule has 0 aliphatic heterocycles. The molecule has 0 aromatic carbocycles. The Labute approximate surface area is 127 Å². The van der Waals surface area contributed by atoms with Gasteiger partial charge in [0.1, 0.15) is 0 Å². The van der Waals surface area contributed by atoms with E-state index < -0.39 is 15.9 Å². The van der Waals surface area contributed by atoms with Gasteiger partial charge in [0, 0.05) is 23.9 Å². The summed E-state index contributed by atoms with van der Waals surface area (Å²) >= 11 is 0. The number of anilines is 1. The number of nitrogens with one attached hydrogen (secondary N) is 3. The van der Waals surface area contributed by atoms with Crippen molar-refractivity contribution in [1.82, 2.24) is 19.9 Å². The van der Waals surface area contributed by atoms with Gasteiger partial charge in [0.25, 0.3) is 15.9 Å². The number of rotatable bonds is 5. The monoisotopic (exact) mass is 321 g/mol. The third-order valence-electron chi connectivity index (χ3n) is 3.40. The zero-order chi connectivity index (χ0) is 15.7. The summed E-state index contributed by atoms with van der Waals surface area (Å²) in [6.07, 6.45) is 3.50. The fourth-order valence-corrected chi connectivity index (χ4v) is 2.62. The smallest absolute Gasteiger partial charge is 0.258 e. The lowest BCUT2D eigenvalue weighted by Crippen LogP contribution is -2.20. The molecule has 2 heterocycles. The second kappa shape index (κ2) is 5.50. The van der Waals surface area contributed by atoms with Crippen LogP contribution in [0, 0.1) is 0 Å². The first kappa shape index (κ1) is 14.7. The zero-order valence-electron chi connectivity index (χ0n) is 11.8. The maximum atomic E-state index is 12.1. The molecule has 0 atom stereocenters. The van der Waals surface area contributed by atoms with Crippen molar-refractivity contribution in [3.63, 3.8) is 0 Å². The van der Waals surface area contributed by atoms with E-state index in [1.54, 1.807) is 0 Å². The maximum Gasteiger partial charge on any atom is 0.258 e. The number of amides is 1. The number of H-pyrrole nitrogens is 1. The van der Waals surface area contributed by atoms with Gasteiger partial charge in [-0.1, -0.05) is 0 Å². The first-order valence-corrected chi connectivity index (χ1v) is 8.24. The quantitative estimate of drug-likeness (QED) is 0.754. The Hall–Kier alpha value is -2.26. The van der Waals surface area contributed by atoms with Crippen molar-refractivity contribution in [1.29, 1.82) is 0 Å². The van der Waals surface area contributed by atoms with Crippen LogP contribution in [0.1, 0.15) is 34.8 Å². The fourth-order valence-electron chi connectivity index (χ4n) is 1.97. The first-order chi connectivity index (χ1) is 10.5. The Morgan fingerprint density at radius 1 is 1.36 bits per heavy atom. The van der Waals surface area contributed by atoms with Gasteiger partial charge in [-0.3, -0.25) is 9.89 Å². The molecule has 1 aliphatic carbocycles. The number of carbonyl (C=O) groups excluding carboxylic acids is 1. The minimum atomic E-state index is -3.61. The maximum absolute atomic E-state index is 12.1. The van der Waals surface area contributed by atoms with Crippen molar-refractivity contribution in [3.8, 4) is 0 Å². The molecule has 3 N–H and O–H groups in total. The average molecular weight is 321 g/mol. The average Bonchev–Trinajstić information content (AvgIpc) is 3.27. The van der Waals surface area contributed by atoms with Gasteiger partial charge >= 0.3 is 0 Å². The Kier molecular flexibility index (Phi) is 3.67. The molecular weight excluding hydrogens is 306 g/mol. The van der Waals surface area contributed by atoms with E-state index in [-0.39, 0.29) is 10.6 Å². The topological polar surface area (TPSA) is 117 Å². The molecule has 1 amide bonds. The van der Waals surface area contributed by atoms with Gasteiger partial charge in [-0.05, 0) is 32.0 Å². The van der Waals surface area contributed by atoms with Crippen LogP contribution in [-0.2, 0) is 10.0 Å². The Bertz CT molecular complexity index is 793. The largest absolute Gasteiger partial charge is 0.305 e. The van der Waals surface area contributed by atoms with Crippen LogP contribution in [0.3, 0.4) is 0 Å². The summed E-state index contributed by atoms with van der Waals surface area (Å²) in [7, 11) is -2.31. The molecule has 0 unspecified atom stereocenters. The van der Waals surface area contributed by atoms with Gasteiger partial charge in [0.15, 0.2) is 10.8 Å². The highest BCUT2D eigenvalue weighted by molar-refractivity contribution is 7.89. The van der Waals surface area contributed by atoms with Crippen molar-refractivity contribution in [2.45, 2.75) is 23.8 Å². The molecule has 1 fully saturated rings. The molecule has 1 aliphatic rings. The Morgan fingerprint density at radius 3 is 2.73 bits per heavy atom. The van der Waals surface area contributed by atoms with Gasteiger partial charge in [0.05, 0.1) is 5.56 Å². The molecule has 2 aromatic heterocycles. The van der Waals surface area contributed by atoms with Crippen LogP contribution in [0.2, 0.25) is 0 Å². The first-order valence-electron chi connectivity index (χ1n) is 6.76. The van der Waals surface area contributed by atoms with Crippen LogP contribution < -0.4 is 10.0 Å². The summed E-state index contributed by atoms with van der Waals surface area (Å²) in [5, 5.41) is 9.43. The van der Waals surface area contributed by atoms with E-state index in [4.69, 9.17) is 0 Å². The standard InChI is InChI=1S/C13H15N5O3S/c1-14-22(20,21)12-5-4-9(7-15-12)13(19)16-11-6-10(17-18-11)8-2-3-8/h4-8,14H,2-3H2,1H3,(H2,16,17,18,19). The van der Waals surface area contributed by atoms with Crippen LogP contribution in [0.4, 0.5) is 5.82 Å². The van der Waals surface area contributed by atoms with E-state index in [0.29, 0.717) is 11.7 Å². The summed E-state index contributed by atoms with van der Waals surface area (Å²) in [5.74, 6) is 0.569. The number of aromatic amines is 1. The predicted molar refractivity (Wildman–Crippen MR) is 79.0 cm³/mol. The highest BCUT2D eigenvalue weighted by Gasteiger charge is 2.25. The summed E-state index contributed by atoms with van der Waals surface area (Å²) in [6, 6.07) is 4.49. The number of aromatic nitrogens is 3. The van der Waals surface area contributed by atoms with Gasteiger partial charge in [-0.25, -0.2) is 18.1 Å². The normalized spacial score (nSPS) is 14.8. The molecule has 3 rings (SSSR count). The van der Waals surface area contributed by atoms with Crippen LogP contribution in [0.15, 0.2) is 29.4 Å². The zero-order valence-corrected chi connectivity index (χ0v) is 12.6. The lowest BCUT2D eigenvalue weighted by Gasteiger charge is -2.04. The number of nitrogens with zero attached hydrogens (tertiary/aromatic N) is 2. The second-order valence-corrected chi connectivity index (χ2v) is 6.86. The molecule has 0 saturated heterocycles. The summed E-state index contributed by atoms with van der Waals surface area (Å²) in [6.45, 7) is 0. The molecule has 1 saturated carbocycles. The highest BCUT2D eigenvalue weighted by Crippen LogP contribution is 2.39. The highest BCUT2D eigenvalue weighted by atomic mass is 32.2. The van der Waals surface area contributed by atoms with E-state index in [9.17, 15) is 13.2 Å². The van der Waals surface area contributed by atoms with Gasteiger partial charge < -0.3 is 5.32 Å². The number of sulfonamides is 1. The fraction of sp³-hybridized carbons (Fsp3) is 0.308. The van der Waals surface area contributed by atoms with E-state index in [0.717, 1.165) is 18.5 Å².